The molecule has 0 radical (unpaired) electrons. The predicted octanol–water partition coefficient (Wildman–Crippen LogP) is 12.9. The zero-order valence-corrected chi connectivity index (χ0v) is 44.5. The van der Waals surface area contributed by atoms with Crippen LogP contribution in [0, 0.1) is 80.8 Å². The summed E-state index contributed by atoms with van der Waals surface area (Å²) in [5.74, 6) is 0.649. The zero-order valence-electron chi connectivity index (χ0n) is 44.5. The predicted molar refractivity (Wildman–Crippen MR) is 268 cm³/mol. The Bertz CT molecular complexity index is 2570. The first-order valence-electron chi connectivity index (χ1n) is 26.6. The van der Waals surface area contributed by atoms with Crippen LogP contribution in [0.2, 0.25) is 0 Å². The zero-order chi connectivity index (χ0) is 50.2. The molecule has 9 heteroatoms. The summed E-state index contributed by atoms with van der Waals surface area (Å²) in [4.78, 5) is 26.6. The van der Waals surface area contributed by atoms with E-state index in [1.807, 2.05) is 19.9 Å². The number of phenols is 2. The van der Waals surface area contributed by atoms with Crippen molar-refractivity contribution in [2.75, 3.05) is 14.2 Å². The van der Waals surface area contributed by atoms with Gasteiger partial charge in [0.05, 0.1) is 31.2 Å². The molecule has 2 aromatic carbocycles. The van der Waals surface area contributed by atoms with Crippen molar-refractivity contribution in [3.05, 3.63) is 51.6 Å². The van der Waals surface area contributed by atoms with Gasteiger partial charge < -0.3 is 34.6 Å². The molecule has 6 fully saturated rings. The van der Waals surface area contributed by atoms with Gasteiger partial charge in [-0.1, -0.05) is 67.5 Å². The molecule has 0 bridgehead atoms. The highest BCUT2D eigenvalue weighted by atomic mass is 16.5. The van der Waals surface area contributed by atoms with Crippen LogP contribution in [-0.2, 0) is 29.9 Å². The Hall–Kier alpha value is -3.56. The number of benzene rings is 2. The van der Waals surface area contributed by atoms with Crippen LogP contribution in [0.3, 0.4) is 0 Å². The summed E-state index contributed by atoms with van der Waals surface area (Å²) in [7, 11) is 3.02. The van der Waals surface area contributed by atoms with Gasteiger partial charge in [-0.25, -0.2) is 0 Å². The van der Waals surface area contributed by atoms with Crippen LogP contribution >= 0.6 is 0 Å². The molecular formula is C60H84O9. The number of ether oxygens (including phenoxy) is 3. The molecule has 6 saturated carbocycles. The van der Waals surface area contributed by atoms with E-state index < -0.39 is 28.5 Å². The van der Waals surface area contributed by atoms with E-state index in [4.69, 9.17) is 14.2 Å². The molecule has 0 aromatic heterocycles. The van der Waals surface area contributed by atoms with Crippen LogP contribution in [0.4, 0.5) is 0 Å². The van der Waals surface area contributed by atoms with Gasteiger partial charge in [0, 0.05) is 22.5 Å². The fraction of sp³-hybridized carbons (Fsp3) is 0.733. The molecule has 8 aliphatic rings. The Labute approximate surface area is 412 Å². The minimum atomic E-state index is -1.23. The van der Waals surface area contributed by atoms with Gasteiger partial charge in [-0.15, -0.1) is 0 Å². The molecule has 9 nitrogen and oxygen atoms in total. The lowest BCUT2D eigenvalue weighted by Gasteiger charge is -2.72. The summed E-state index contributed by atoms with van der Waals surface area (Å²) >= 11 is 0. The van der Waals surface area contributed by atoms with Crippen LogP contribution in [0.1, 0.15) is 199 Å². The number of aromatic hydroxyl groups is 2. The third-order valence-electron chi connectivity index (χ3n) is 24.5. The maximum Gasteiger partial charge on any atom is 0.311 e. The maximum absolute atomic E-state index is 13.3. The quantitative estimate of drug-likeness (QED) is 0.220. The molecule has 0 amide bonds. The average Bonchev–Trinajstić information content (AvgIpc) is 3.30. The first-order valence-corrected chi connectivity index (χ1v) is 26.6. The van der Waals surface area contributed by atoms with Crippen LogP contribution in [0.15, 0.2) is 18.2 Å². The molecule has 0 aliphatic heterocycles. The number of methoxy groups -OCH3 is 2. The lowest BCUT2D eigenvalue weighted by molar-refractivity contribution is -0.240. The van der Waals surface area contributed by atoms with E-state index in [0.717, 1.165) is 112 Å². The van der Waals surface area contributed by atoms with Crippen LogP contribution in [0.5, 0.6) is 23.0 Å². The fourth-order valence-electron chi connectivity index (χ4n) is 19.4. The normalized spacial score (nSPS) is 47.1. The fourth-order valence-corrected chi connectivity index (χ4v) is 19.4. The van der Waals surface area contributed by atoms with Crippen molar-refractivity contribution < 1.29 is 44.2 Å². The van der Waals surface area contributed by atoms with Gasteiger partial charge >= 0.3 is 11.9 Å². The summed E-state index contributed by atoms with van der Waals surface area (Å²) in [5.41, 5.74) is 2.47. The molecule has 16 atom stereocenters. The number of hydrogen-bond acceptors (Lipinski definition) is 9. The highest BCUT2D eigenvalue weighted by Crippen LogP contribution is 2.78. The molecule has 0 spiro atoms. The number of esters is 2. The van der Waals surface area contributed by atoms with Crippen molar-refractivity contribution in [1.29, 1.82) is 0 Å². The molecule has 0 heterocycles. The molecule has 378 valence electrons. The number of rotatable bonds is 4. The van der Waals surface area contributed by atoms with Gasteiger partial charge in [-0.05, 0) is 208 Å². The van der Waals surface area contributed by atoms with Crippen molar-refractivity contribution >= 4 is 18.0 Å². The number of phenolic OH excluding ortho intramolecular Hbond substituents is 2. The number of hydrogen-bond donors (Lipinski definition) is 4. The number of carbonyl (C=O) groups is 2. The van der Waals surface area contributed by atoms with E-state index in [1.54, 1.807) is 6.07 Å². The Kier molecular flexibility index (Phi) is 10.7. The van der Waals surface area contributed by atoms with E-state index in [1.165, 1.54) is 14.2 Å². The van der Waals surface area contributed by atoms with Crippen molar-refractivity contribution in [3.8, 4) is 23.0 Å². The summed E-state index contributed by atoms with van der Waals surface area (Å²) in [5, 5.41) is 49.4. The van der Waals surface area contributed by atoms with Gasteiger partial charge in [-0.3, -0.25) is 9.59 Å². The SMILES string of the molecule is COC(=O)C1(C)CCC2(C)CCC3(C)C4C=Cc5c(cc(Oc6c(O)cc7c(c6C)C(O)C(O)C6C7(C)CCC7(C)C8CC(C)(C(=O)OC)CCC8(C)CCC67C)c(O)c5C)C4(C)CCC3(C)C2C1. The van der Waals surface area contributed by atoms with E-state index >= 15 is 0 Å². The van der Waals surface area contributed by atoms with Crippen LogP contribution in [0.25, 0.3) is 6.08 Å². The van der Waals surface area contributed by atoms with Crippen molar-refractivity contribution in [3.63, 3.8) is 0 Å². The molecule has 8 aliphatic carbocycles. The monoisotopic (exact) mass is 949 g/mol. The first kappa shape index (κ1) is 49.0. The van der Waals surface area contributed by atoms with Crippen LogP contribution < -0.4 is 4.74 Å². The Morgan fingerprint density at radius 3 is 1.64 bits per heavy atom. The molecule has 0 saturated heterocycles. The average molecular weight is 949 g/mol. The van der Waals surface area contributed by atoms with Crippen molar-refractivity contribution in [2.45, 2.75) is 196 Å². The Balaban J connectivity index is 0.994. The largest absolute Gasteiger partial charge is 0.504 e. The molecule has 69 heavy (non-hydrogen) atoms. The highest BCUT2D eigenvalue weighted by molar-refractivity contribution is 5.77. The van der Waals surface area contributed by atoms with E-state index in [0.29, 0.717) is 17.0 Å². The van der Waals surface area contributed by atoms with Gasteiger partial charge in [0.25, 0.3) is 0 Å². The second kappa shape index (κ2) is 15.0. The number of allylic oxidation sites excluding steroid dienone is 1. The first-order chi connectivity index (χ1) is 32.0. The summed E-state index contributed by atoms with van der Waals surface area (Å²) < 4.78 is 17.6. The summed E-state index contributed by atoms with van der Waals surface area (Å²) in [6, 6.07) is 3.80. The van der Waals surface area contributed by atoms with Crippen molar-refractivity contribution in [2.24, 2.45) is 67.0 Å². The van der Waals surface area contributed by atoms with Crippen molar-refractivity contribution in [1.82, 2.24) is 0 Å². The summed E-state index contributed by atoms with van der Waals surface area (Å²) in [6.07, 6.45) is 15.2. The van der Waals surface area contributed by atoms with Gasteiger partial charge in [0.1, 0.15) is 6.10 Å². The Morgan fingerprint density at radius 1 is 0.594 bits per heavy atom. The van der Waals surface area contributed by atoms with Gasteiger partial charge in [0.2, 0.25) is 0 Å². The maximum atomic E-state index is 13.3. The van der Waals surface area contributed by atoms with Gasteiger partial charge in [-0.2, -0.15) is 0 Å². The number of aliphatic hydroxyl groups is 2. The topological polar surface area (TPSA) is 143 Å². The second-order valence-electron chi connectivity index (χ2n) is 27.4. The number of fused-ring (bicyclic) bond motifs is 14. The van der Waals surface area contributed by atoms with E-state index in [2.05, 4.69) is 81.4 Å². The molecular weight excluding hydrogens is 865 g/mol. The minimum absolute atomic E-state index is 0.0176. The molecule has 2 aromatic rings. The van der Waals surface area contributed by atoms with Gasteiger partial charge in [0.15, 0.2) is 23.0 Å². The standard InChI is InChI=1S/C60H84O9/c1-33-35-15-16-40-55(7,23-27-58(10)41-31-53(5,49(65)67-13)19-17-51(41,3)21-25-57(40,58)9)36(35)30-39(44(33)62)69-47-34(2)43-37(29-38(47)61)56(8)24-28-59(11)42-32-54(6,50(66)68-14)20-18-52(42,4)22-26-60(59,12)48(56)46(64)45(43)63/h15-16,29-30,40-42,45-46,48,61-64H,17-28,31-32H2,1-14H3. The summed E-state index contributed by atoms with van der Waals surface area (Å²) in [6.45, 7) is 27.2. The van der Waals surface area contributed by atoms with E-state index in [9.17, 15) is 30.0 Å². The second-order valence-corrected chi connectivity index (χ2v) is 27.4. The van der Waals surface area contributed by atoms with Crippen LogP contribution in [-0.4, -0.2) is 52.7 Å². The molecule has 4 N–H and O–H groups in total. The smallest absolute Gasteiger partial charge is 0.311 e. The number of carbonyl (C=O) groups excluding carboxylic acids is 2. The highest BCUT2D eigenvalue weighted by Gasteiger charge is 2.72. The van der Waals surface area contributed by atoms with E-state index in [-0.39, 0.29) is 90.6 Å². The molecule has 10 rings (SSSR count). The lowest BCUT2D eigenvalue weighted by atomic mass is 9.32. The number of aliphatic hydroxyl groups excluding tert-OH is 2. The Morgan fingerprint density at radius 2 is 1.09 bits per heavy atom. The third-order valence-corrected chi connectivity index (χ3v) is 24.5. The minimum Gasteiger partial charge on any atom is -0.504 e. The molecule has 16 unspecified atom stereocenters. The third kappa shape index (κ3) is 6.07. The lowest BCUT2D eigenvalue weighted by Crippen LogP contribution is -2.68.